The monoisotopic (exact) mass is 226 g/mol. The van der Waals surface area contributed by atoms with Gasteiger partial charge in [0, 0.05) is 6.20 Å². The first-order valence-corrected chi connectivity index (χ1v) is 4.44. The van der Waals surface area contributed by atoms with Crippen molar-refractivity contribution in [2.45, 2.75) is 0 Å². The maximum Gasteiger partial charge on any atom is 0.413 e. The fraction of sp³-hybridized carbons (Fsp3) is 0.125. The first-order chi connectivity index (χ1) is 7.20. The number of halogens is 1. The van der Waals surface area contributed by atoms with Gasteiger partial charge < -0.3 is 4.74 Å². The highest BCUT2D eigenvalue weighted by Crippen LogP contribution is 2.12. The van der Waals surface area contributed by atoms with Crippen LogP contribution in [0.1, 0.15) is 0 Å². The Morgan fingerprint density at radius 3 is 3.13 bits per heavy atom. The fourth-order valence-corrected chi connectivity index (χ4v) is 1.31. The number of anilines is 1. The maximum absolute atomic E-state index is 10.9. The molecule has 0 fully saturated rings. The lowest BCUT2D eigenvalue weighted by Crippen LogP contribution is -2.14. The molecule has 0 saturated heterocycles. The lowest BCUT2D eigenvalue weighted by atomic mass is 10.6. The van der Waals surface area contributed by atoms with Crippen molar-refractivity contribution < 1.29 is 9.53 Å². The van der Waals surface area contributed by atoms with Crippen LogP contribution in [0.5, 0.6) is 0 Å². The molecule has 1 N–H and O–H groups in total. The van der Waals surface area contributed by atoms with Crippen LogP contribution in [0, 0.1) is 0 Å². The van der Waals surface area contributed by atoms with E-state index in [0.29, 0.717) is 5.65 Å². The highest BCUT2D eigenvalue weighted by Gasteiger charge is 2.07. The third-order valence-corrected chi connectivity index (χ3v) is 2.01. The van der Waals surface area contributed by atoms with E-state index in [1.165, 1.54) is 7.11 Å². The quantitative estimate of drug-likeness (QED) is 0.801. The number of methoxy groups -OCH3 is 1. The van der Waals surface area contributed by atoms with Crippen LogP contribution in [0.25, 0.3) is 5.65 Å². The first kappa shape index (κ1) is 9.72. The topological polar surface area (TPSA) is 68.5 Å². The summed E-state index contributed by atoms with van der Waals surface area (Å²) in [5.41, 5.74) is 0.599. The summed E-state index contributed by atoms with van der Waals surface area (Å²) >= 11 is 5.85. The zero-order valence-corrected chi connectivity index (χ0v) is 8.52. The second kappa shape index (κ2) is 3.74. The summed E-state index contributed by atoms with van der Waals surface area (Å²) < 4.78 is 5.99. The van der Waals surface area contributed by atoms with E-state index in [0.717, 1.165) is 0 Å². The summed E-state index contributed by atoms with van der Waals surface area (Å²) in [6.45, 7) is 0. The number of hydrogen-bond acceptors (Lipinski definition) is 4. The van der Waals surface area contributed by atoms with Gasteiger partial charge in [0.25, 0.3) is 0 Å². The Hall–Kier alpha value is -1.82. The molecule has 2 heterocycles. The minimum absolute atomic E-state index is 0.109. The minimum Gasteiger partial charge on any atom is -0.453 e. The molecule has 1 amide bonds. The van der Waals surface area contributed by atoms with Gasteiger partial charge in [0.15, 0.2) is 0 Å². The first-order valence-electron chi connectivity index (χ1n) is 4.06. The number of carbonyl (C=O) groups is 1. The molecule has 0 unspecified atom stereocenters. The number of carbonyl (C=O) groups excluding carboxylic acids is 1. The van der Waals surface area contributed by atoms with Gasteiger partial charge in [0.2, 0.25) is 11.2 Å². The van der Waals surface area contributed by atoms with E-state index in [4.69, 9.17) is 11.6 Å². The zero-order chi connectivity index (χ0) is 10.8. The molecular formula is C8H7ClN4O2. The van der Waals surface area contributed by atoms with Gasteiger partial charge in [-0.15, -0.1) is 0 Å². The number of fused-ring (bicyclic) bond motifs is 1. The van der Waals surface area contributed by atoms with Crippen LogP contribution in [0.4, 0.5) is 10.7 Å². The standard InChI is InChI=1S/C8H7ClN4O2/c1-15-8(14)12-7-10-5-3-2-4-13(5)6(9)11-7/h2-4H,1H3,(H,10,12,14). The molecule has 6 nitrogen and oxygen atoms in total. The third-order valence-electron chi connectivity index (χ3n) is 1.74. The predicted molar refractivity (Wildman–Crippen MR) is 54.0 cm³/mol. The second-order valence-corrected chi connectivity index (χ2v) is 3.01. The molecule has 0 saturated carbocycles. The SMILES string of the molecule is COC(=O)Nc1nc(Cl)n2cccc2n1. The molecule has 0 aliphatic heterocycles. The van der Waals surface area contributed by atoms with Crippen molar-refractivity contribution in [2.75, 3.05) is 12.4 Å². The molecule has 0 aromatic carbocycles. The van der Waals surface area contributed by atoms with Crippen LogP contribution in [-0.4, -0.2) is 27.6 Å². The Kier molecular flexibility index (Phi) is 2.42. The van der Waals surface area contributed by atoms with Crippen molar-refractivity contribution >= 4 is 29.3 Å². The van der Waals surface area contributed by atoms with Crippen LogP contribution < -0.4 is 5.32 Å². The average Bonchev–Trinajstić information content (AvgIpc) is 2.66. The molecule has 2 rings (SSSR count). The number of aromatic nitrogens is 3. The minimum atomic E-state index is -0.637. The smallest absolute Gasteiger partial charge is 0.413 e. The number of nitrogens with one attached hydrogen (secondary N) is 1. The van der Waals surface area contributed by atoms with Crippen molar-refractivity contribution in [2.24, 2.45) is 0 Å². The van der Waals surface area contributed by atoms with Gasteiger partial charge in [-0.3, -0.25) is 9.72 Å². The lowest BCUT2D eigenvalue weighted by Gasteiger charge is -2.03. The van der Waals surface area contributed by atoms with Crippen molar-refractivity contribution in [3.63, 3.8) is 0 Å². The van der Waals surface area contributed by atoms with E-state index < -0.39 is 6.09 Å². The summed E-state index contributed by atoms with van der Waals surface area (Å²) in [6.07, 6.45) is 1.08. The molecule has 2 aromatic rings. The van der Waals surface area contributed by atoms with E-state index >= 15 is 0 Å². The zero-order valence-electron chi connectivity index (χ0n) is 7.77. The summed E-state index contributed by atoms with van der Waals surface area (Å²) in [5.74, 6) is 0.109. The van der Waals surface area contributed by atoms with Gasteiger partial charge in [0.05, 0.1) is 7.11 Å². The summed E-state index contributed by atoms with van der Waals surface area (Å²) in [4.78, 5) is 18.8. The Morgan fingerprint density at radius 2 is 2.40 bits per heavy atom. The number of rotatable bonds is 1. The van der Waals surface area contributed by atoms with Crippen molar-refractivity contribution in [1.29, 1.82) is 0 Å². The largest absolute Gasteiger partial charge is 0.453 e. The predicted octanol–water partition coefficient (Wildman–Crippen LogP) is 1.56. The van der Waals surface area contributed by atoms with Gasteiger partial charge in [0.1, 0.15) is 5.65 Å². The molecule has 0 atom stereocenters. The Labute approximate surface area is 89.8 Å². The van der Waals surface area contributed by atoms with Crippen LogP contribution in [-0.2, 0) is 4.74 Å². The van der Waals surface area contributed by atoms with Crippen molar-refractivity contribution in [3.8, 4) is 0 Å². The highest BCUT2D eigenvalue weighted by molar-refractivity contribution is 6.28. The van der Waals surface area contributed by atoms with Gasteiger partial charge in [-0.1, -0.05) is 0 Å². The fourth-order valence-electron chi connectivity index (χ4n) is 1.09. The Bertz CT molecular complexity index is 510. The van der Waals surface area contributed by atoms with Crippen LogP contribution in [0.2, 0.25) is 5.28 Å². The third kappa shape index (κ3) is 1.84. The van der Waals surface area contributed by atoms with Gasteiger partial charge in [-0.25, -0.2) is 4.79 Å². The number of amides is 1. The molecule has 0 spiro atoms. The molecule has 15 heavy (non-hydrogen) atoms. The Morgan fingerprint density at radius 1 is 1.60 bits per heavy atom. The Balaban J connectivity index is 2.40. The average molecular weight is 227 g/mol. The molecule has 78 valence electrons. The lowest BCUT2D eigenvalue weighted by molar-refractivity contribution is 0.186. The number of hydrogen-bond donors (Lipinski definition) is 1. The van der Waals surface area contributed by atoms with Crippen molar-refractivity contribution in [3.05, 3.63) is 23.6 Å². The highest BCUT2D eigenvalue weighted by atomic mass is 35.5. The van der Waals surface area contributed by atoms with Crippen LogP contribution >= 0.6 is 11.6 Å². The van der Waals surface area contributed by atoms with Crippen LogP contribution in [0.3, 0.4) is 0 Å². The van der Waals surface area contributed by atoms with E-state index in [9.17, 15) is 4.79 Å². The van der Waals surface area contributed by atoms with E-state index in [1.807, 2.05) is 0 Å². The molecule has 0 aliphatic carbocycles. The molecule has 2 aromatic heterocycles. The van der Waals surface area contributed by atoms with Crippen molar-refractivity contribution in [1.82, 2.24) is 14.4 Å². The van der Waals surface area contributed by atoms with E-state index in [1.54, 1.807) is 22.7 Å². The normalized spacial score (nSPS) is 10.3. The molecule has 0 aliphatic rings. The number of ether oxygens (including phenoxy) is 1. The van der Waals surface area contributed by atoms with Gasteiger partial charge >= 0.3 is 6.09 Å². The summed E-state index contributed by atoms with van der Waals surface area (Å²) in [5, 5.41) is 2.55. The molecular weight excluding hydrogens is 220 g/mol. The maximum atomic E-state index is 10.9. The van der Waals surface area contributed by atoms with Gasteiger partial charge in [-0.2, -0.15) is 9.97 Å². The van der Waals surface area contributed by atoms with Gasteiger partial charge in [-0.05, 0) is 23.7 Å². The molecule has 7 heteroatoms. The van der Waals surface area contributed by atoms with Crippen LogP contribution in [0.15, 0.2) is 18.3 Å². The second-order valence-electron chi connectivity index (χ2n) is 2.67. The summed E-state index contributed by atoms with van der Waals surface area (Å²) in [6, 6.07) is 3.52. The summed E-state index contributed by atoms with van der Waals surface area (Å²) in [7, 11) is 1.26. The van der Waals surface area contributed by atoms with E-state index in [2.05, 4.69) is 20.0 Å². The van der Waals surface area contributed by atoms with E-state index in [-0.39, 0.29) is 11.2 Å². The molecule has 0 radical (unpaired) electrons. The molecule has 0 bridgehead atoms. The number of nitrogens with zero attached hydrogens (tertiary/aromatic N) is 3.